The predicted octanol–water partition coefficient (Wildman–Crippen LogP) is 2.61. The van der Waals surface area contributed by atoms with Gasteiger partial charge in [0.1, 0.15) is 0 Å². The highest BCUT2D eigenvalue weighted by Gasteiger charge is 2.25. The van der Waals surface area contributed by atoms with Gasteiger partial charge in [0.05, 0.1) is 0 Å². The lowest BCUT2D eigenvalue weighted by Gasteiger charge is -2.08. The maximum atomic E-state index is 11.4. The number of carbonyl (C=O) groups is 1. The molecule has 0 aliphatic rings. The molecule has 0 aromatic carbocycles. The monoisotopic (exact) mass is 209 g/mol. The second-order valence-corrected chi connectivity index (χ2v) is 7.44. The molecule has 0 aliphatic carbocycles. The molecule has 0 saturated heterocycles. The van der Waals surface area contributed by atoms with Crippen LogP contribution in [0.3, 0.4) is 0 Å². The summed E-state index contributed by atoms with van der Waals surface area (Å²) in [7, 11) is 0. The van der Waals surface area contributed by atoms with E-state index in [0.29, 0.717) is 12.2 Å². The molecule has 3 nitrogen and oxygen atoms in total. The van der Waals surface area contributed by atoms with Gasteiger partial charge in [0.15, 0.2) is 0 Å². The predicted molar refractivity (Wildman–Crippen MR) is 54.5 cm³/mol. The van der Waals surface area contributed by atoms with Gasteiger partial charge in [-0.1, -0.05) is 31.7 Å². The van der Waals surface area contributed by atoms with Crippen molar-refractivity contribution in [1.29, 1.82) is 0 Å². The van der Waals surface area contributed by atoms with Gasteiger partial charge in [-0.25, -0.2) is 0 Å². The van der Waals surface area contributed by atoms with E-state index in [9.17, 15) is 9.36 Å². The van der Waals surface area contributed by atoms with E-state index in [1.165, 1.54) is 0 Å². The van der Waals surface area contributed by atoms with Crippen molar-refractivity contribution in [2.24, 2.45) is 5.50 Å². The molecule has 12 heavy (non-hydrogen) atoms. The molecule has 0 radical (unpaired) electrons. The van der Waals surface area contributed by atoms with Crippen LogP contribution in [-0.2, 0) is 9.36 Å². The molecule has 2 N–H and O–H groups in total. The van der Waals surface area contributed by atoms with Gasteiger partial charge in [-0.3, -0.25) is 14.9 Å². The Morgan fingerprint density at radius 3 is 2.50 bits per heavy atom. The topological polar surface area (TPSA) is 60.2 Å². The average Bonchev–Trinajstić information content (AvgIpc) is 2.00. The molecule has 0 bridgehead atoms. The fraction of sp³-hybridized carbons (Fsp3) is 0.857. The molecule has 0 rings (SSSR count). The molecule has 0 aromatic heterocycles. The minimum atomic E-state index is -3.04. The van der Waals surface area contributed by atoms with Crippen LogP contribution in [0.25, 0.3) is 0 Å². The van der Waals surface area contributed by atoms with Crippen LogP contribution in [0.15, 0.2) is 0 Å². The highest BCUT2D eigenvalue weighted by Crippen LogP contribution is 2.52. The van der Waals surface area contributed by atoms with Crippen molar-refractivity contribution in [3.8, 4) is 0 Å². The summed E-state index contributed by atoms with van der Waals surface area (Å²) in [4.78, 5) is 11.2. The summed E-state index contributed by atoms with van der Waals surface area (Å²) in [6.07, 6.45) is 2.07. The molecule has 0 amide bonds. The smallest absolute Gasteiger partial charge is 0.261 e. The Balaban J connectivity index is 3.98. The Hall–Kier alpha value is 0.210. The number of hydrogen-bond donors (Lipinski definition) is 1. The Kier molecular flexibility index (Phi) is 5.89. The average molecular weight is 209 g/mol. The van der Waals surface area contributed by atoms with E-state index < -0.39 is 6.49 Å². The number of unbranched alkanes of at least 4 members (excludes halogenated alkanes) is 1. The highest BCUT2D eigenvalue weighted by molar-refractivity contribution is 8.62. The van der Waals surface area contributed by atoms with Gasteiger partial charge in [-0.2, -0.15) is 0 Å². The Morgan fingerprint density at radius 2 is 2.08 bits per heavy atom. The first kappa shape index (κ1) is 12.2. The SMILES string of the molecule is CCCCC(=O)P(N)(=O)SCC. The van der Waals surface area contributed by atoms with Crippen molar-refractivity contribution in [2.75, 3.05) is 5.75 Å². The van der Waals surface area contributed by atoms with Crippen molar-refractivity contribution >= 4 is 23.4 Å². The zero-order valence-electron chi connectivity index (χ0n) is 7.58. The van der Waals surface area contributed by atoms with Crippen LogP contribution in [0.4, 0.5) is 0 Å². The van der Waals surface area contributed by atoms with Crippen LogP contribution >= 0.6 is 17.9 Å². The minimum Gasteiger partial charge on any atom is -0.289 e. The molecule has 0 saturated carbocycles. The molecule has 0 spiro atoms. The maximum absolute atomic E-state index is 11.4. The summed E-state index contributed by atoms with van der Waals surface area (Å²) in [5.41, 5.74) is 5.11. The third-order valence-corrected chi connectivity index (χ3v) is 5.51. The van der Waals surface area contributed by atoms with Gasteiger partial charge in [-0.05, 0) is 12.2 Å². The summed E-state index contributed by atoms with van der Waals surface area (Å²) in [5, 5.41) is 0. The van der Waals surface area contributed by atoms with Crippen molar-refractivity contribution in [3.63, 3.8) is 0 Å². The van der Waals surface area contributed by atoms with Crippen molar-refractivity contribution < 1.29 is 9.36 Å². The zero-order chi connectivity index (χ0) is 9.61. The lowest BCUT2D eigenvalue weighted by Crippen LogP contribution is -2.04. The van der Waals surface area contributed by atoms with Gasteiger partial charge < -0.3 is 0 Å². The lowest BCUT2D eigenvalue weighted by atomic mass is 10.3. The van der Waals surface area contributed by atoms with Gasteiger partial charge in [-0.15, -0.1) is 0 Å². The van der Waals surface area contributed by atoms with Crippen LogP contribution in [0, 0.1) is 0 Å². The van der Waals surface area contributed by atoms with Gasteiger partial charge in [0.2, 0.25) is 5.52 Å². The molecule has 0 aliphatic heterocycles. The van der Waals surface area contributed by atoms with Crippen molar-refractivity contribution in [2.45, 2.75) is 33.1 Å². The number of hydrogen-bond acceptors (Lipinski definition) is 3. The summed E-state index contributed by atoms with van der Waals surface area (Å²) < 4.78 is 11.4. The van der Waals surface area contributed by atoms with Gasteiger partial charge in [0, 0.05) is 6.42 Å². The number of rotatable bonds is 6. The van der Waals surface area contributed by atoms with Gasteiger partial charge in [0.25, 0.3) is 6.49 Å². The highest BCUT2D eigenvalue weighted by atomic mass is 32.7. The van der Waals surface area contributed by atoms with Crippen LogP contribution in [-0.4, -0.2) is 11.3 Å². The first-order chi connectivity index (χ1) is 5.54. The summed E-state index contributed by atoms with van der Waals surface area (Å²) in [6, 6.07) is 0. The molecular formula is C7H16NO2PS. The number of carbonyl (C=O) groups excluding carboxylic acids is 1. The normalized spacial score (nSPS) is 15.6. The molecular weight excluding hydrogens is 193 g/mol. The van der Waals surface area contributed by atoms with Gasteiger partial charge >= 0.3 is 0 Å². The minimum absolute atomic E-state index is 0.267. The summed E-state index contributed by atoms with van der Waals surface area (Å²) in [5.74, 6) is 0.631. The van der Waals surface area contributed by atoms with Crippen LogP contribution < -0.4 is 5.50 Å². The zero-order valence-corrected chi connectivity index (χ0v) is 9.29. The van der Waals surface area contributed by atoms with E-state index in [4.69, 9.17) is 5.50 Å². The Bertz CT molecular complexity index is 196. The molecule has 5 heteroatoms. The second-order valence-electron chi connectivity index (χ2n) is 2.51. The van der Waals surface area contributed by atoms with E-state index in [1.807, 2.05) is 13.8 Å². The van der Waals surface area contributed by atoms with E-state index in [1.54, 1.807) is 0 Å². The standard InChI is InChI=1S/C7H16NO2PS/c1-3-5-6-7(9)11(8,10)12-4-2/h3-6H2,1-2H3,(H2,8,10). The van der Waals surface area contributed by atoms with Crippen molar-refractivity contribution in [3.05, 3.63) is 0 Å². The van der Waals surface area contributed by atoms with Crippen LogP contribution in [0.2, 0.25) is 0 Å². The third-order valence-electron chi connectivity index (χ3n) is 1.41. The second kappa shape index (κ2) is 5.79. The summed E-state index contributed by atoms with van der Waals surface area (Å²) in [6.45, 7) is 0.797. The third kappa shape index (κ3) is 4.29. The molecule has 0 aromatic rings. The molecule has 72 valence electrons. The maximum Gasteiger partial charge on any atom is 0.261 e. The van der Waals surface area contributed by atoms with Crippen LogP contribution in [0.5, 0.6) is 0 Å². The quantitative estimate of drug-likeness (QED) is 0.683. The van der Waals surface area contributed by atoms with E-state index in [0.717, 1.165) is 24.2 Å². The van der Waals surface area contributed by atoms with E-state index >= 15 is 0 Å². The first-order valence-electron chi connectivity index (χ1n) is 4.11. The van der Waals surface area contributed by atoms with Crippen molar-refractivity contribution in [1.82, 2.24) is 0 Å². The largest absolute Gasteiger partial charge is 0.289 e. The van der Waals surface area contributed by atoms with E-state index in [2.05, 4.69) is 0 Å². The van der Waals surface area contributed by atoms with Crippen LogP contribution in [0.1, 0.15) is 33.1 Å². The lowest BCUT2D eigenvalue weighted by molar-refractivity contribution is -0.111. The van der Waals surface area contributed by atoms with E-state index in [-0.39, 0.29) is 5.52 Å². The molecule has 0 heterocycles. The first-order valence-corrected chi connectivity index (χ1v) is 7.47. The Morgan fingerprint density at radius 1 is 1.50 bits per heavy atom. The number of nitrogens with two attached hydrogens (primary N) is 1. The Labute approximate surface area is 77.6 Å². The molecule has 0 fully saturated rings. The fourth-order valence-electron chi connectivity index (χ4n) is 0.748. The fourth-order valence-corrected chi connectivity index (χ4v) is 3.60. The molecule has 1 atom stereocenters. The summed E-state index contributed by atoms with van der Waals surface area (Å²) >= 11 is 1.08. The molecule has 1 unspecified atom stereocenters.